The molecule has 1 aromatic heterocycles. The number of anilines is 2. The lowest BCUT2D eigenvalue weighted by molar-refractivity contribution is -0.119. The van der Waals surface area contributed by atoms with E-state index in [1.165, 1.54) is 7.11 Å². The summed E-state index contributed by atoms with van der Waals surface area (Å²) in [5.74, 6) is -0.175. The van der Waals surface area contributed by atoms with Crippen molar-refractivity contribution >= 4 is 17.3 Å². The van der Waals surface area contributed by atoms with Gasteiger partial charge in [-0.1, -0.05) is 0 Å². The van der Waals surface area contributed by atoms with Gasteiger partial charge in [0, 0.05) is 30.9 Å². The predicted octanol–water partition coefficient (Wildman–Crippen LogP) is 2.23. The normalized spacial score (nSPS) is 11.7. The third kappa shape index (κ3) is 4.54. The third-order valence-electron chi connectivity index (χ3n) is 2.85. The lowest BCUT2D eigenvalue weighted by Crippen LogP contribution is -2.17. The Morgan fingerprint density at radius 2 is 1.95 bits per heavy atom. The molecular formula is C15H18N4O2. The Labute approximate surface area is 123 Å². The van der Waals surface area contributed by atoms with E-state index in [0.717, 1.165) is 17.1 Å². The molecule has 2 N–H and O–H groups in total. The number of methoxy groups -OCH3 is 1. The molecule has 0 bridgehead atoms. The van der Waals surface area contributed by atoms with Gasteiger partial charge in [-0.25, -0.2) is 0 Å². The highest BCUT2D eigenvalue weighted by atomic mass is 16.5. The van der Waals surface area contributed by atoms with Crippen molar-refractivity contribution in [1.29, 1.82) is 0 Å². The van der Waals surface area contributed by atoms with Crippen molar-refractivity contribution in [3.63, 3.8) is 0 Å². The van der Waals surface area contributed by atoms with Crippen LogP contribution >= 0.6 is 0 Å². The number of benzene rings is 1. The molecule has 6 nitrogen and oxygen atoms in total. The first-order valence-electron chi connectivity index (χ1n) is 6.60. The first kappa shape index (κ1) is 14.9. The molecule has 0 saturated heterocycles. The van der Waals surface area contributed by atoms with E-state index >= 15 is 0 Å². The van der Waals surface area contributed by atoms with Crippen molar-refractivity contribution in [3.8, 4) is 0 Å². The minimum absolute atomic E-state index is 0.0453. The molecule has 110 valence electrons. The Hall–Kier alpha value is -2.47. The van der Waals surface area contributed by atoms with Crippen LogP contribution in [0.5, 0.6) is 0 Å². The standard InChI is InChI=1S/C15H18N4O2/c1-11(14-9-16-7-8-17-14)18-12-3-5-13(6-4-12)19-15(20)10-21-2/h3-9,11,18H,10H2,1-2H3,(H,19,20). The summed E-state index contributed by atoms with van der Waals surface area (Å²) in [5.41, 5.74) is 2.54. The van der Waals surface area contributed by atoms with Gasteiger partial charge in [-0.2, -0.15) is 0 Å². The maximum absolute atomic E-state index is 11.4. The zero-order valence-corrected chi connectivity index (χ0v) is 12.0. The Morgan fingerprint density at radius 3 is 2.57 bits per heavy atom. The van der Waals surface area contributed by atoms with Gasteiger partial charge in [-0.15, -0.1) is 0 Å². The third-order valence-corrected chi connectivity index (χ3v) is 2.85. The van der Waals surface area contributed by atoms with Crippen LogP contribution in [0.15, 0.2) is 42.9 Å². The minimum Gasteiger partial charge on any atom is -0.377 e. The highest BCUT2D eigenvalue weighted by Crippen LogP contribution is 2.19. The number of rotatable bonds is 6. The Morgan fingerprint density at radius 1 is 1.24 bits per heavy atom. The fraction of sp³-hybridized carbons (Fsp3) is 0.267. The summed E-state index contributed by atoms with van der Waals surface area (Å²) >= 11 is 0. The molecule has 2 aromatic rings. The largest absolute Gasteiger partial charge is 0.377 e. The SMILES string of the molecule is COCC(=O)Nc1ccc(NC(C)c2cnccn2)cc1. The van der Waals surface area contributed by atoms with Crippen LogP contribution in [0.4, 0.5) is 11.4 Å². The number of amides is 1. The number of aromatic nitrogens is 2. The molecule has 1 heterocycles. The van der Waals surface area contributed by atoms with Gasteiger partial charge in [0.15, 0.2) is 0 Å². The Bertz CT molecular complexity index is 572. The van der Waals surface area contributed by atoms with Crippen molar-refractivity contribution in [2.45, 2.75) is 13.0 Å². The van der Waals surface area contributed by atoms with E-state index in [0.29, 0.717) is 0 Å². The second kappa shape index (κ2) is 7.35. The van der Waals surface area contributed by atoms with Crippen molar-refractivity contribution < 1.29 is 9.53 Å². The lowest BCUT2D eigenvalue weighted by atomic mass is 10.2. The molecular weight excluding hydrogens is 268 g/mol. The van der Waals surface area contributed by atoms with Gasteiger partial charge in [0.1, 0.15) is 6.61 Å². The van der Waals surface area contributed by atoms with E-state index in [4.69, 9.17) is 4.74 Å². The number of ether oxygens (including phenoxy) is 1. The fourth-order valence-corrected chi connectivity index (χ4v) is 1.84. The van der Waals surface area contributed by atoms with Crippen LogP contribution in [0.1, 0.15) is 18.7 Å². The van der Waals surface area contributed by atoms with Gasteiger partial charge in [0.05, 0.1) is 17.9 Å². The summed E-state index contributed by atoms with van der Waals surface area (Å²) < 4.78 is 4.76. The minimum atomic E-state index is -0.175. The van der Waals surface area contributed by atoms with E-state index in [-0.39, 0.29) is 18.6 Å². The van der Waals surface area contributed by atoms with Gasteiger partial charge in [-0.05, 0) is 31.2 Å². The van der Waals surface area contributed by atoms with Crippen LogP contribution in [0.25, 0.3) is 0 Å². The van der Waals surface area contributed by atoms with Crippen LogP contribution in [-0.2, 0) is 9.53 Å². The van der Waals surface area contributed by atoms with Gasteiger partial charge in [0.25, 0.3) is 0 Å². The van der Waals surface area contributed by atoms with Crippen LogP contribution in [-0.4, -0.2) is 29.6 Å². The zero-order chi connectivity index (χ0) is 15.1. The van der Waals surface area contributed by atoms with E-state index in [9.17, 15) is 4.79 Å². The maximum atomic E-state index is 11.4. The first-order chi connectivity index (χ1) is 10.2. The van der Waals surface area contributed by atoms with E-state index < -0.39 is 0 Å². The number of nitrogens with zero attached hydrogens (tertiary/aromatic N) is 2. The Balaban J connectivity index is 1.95. The lowest BCUT2D eigenvalue weighted by Gasteiger charge is -2.14. The first-order valence-corrected chi connectivity index (χ1v) is 6.60. The molecule has 21 heavy (non-hydrogen) atoms. The van der Waals surface area contributed by atoms with Crippen LogP contribution in [0.3, 0.4) is 0 Å². The van der Waals surface area contributed by atoms with Crippen molar-refractivity contribution in [1.82, 2.24) is 9.97 Å². The summed E-state index contributed by atoms with van der Waals surface area (Å²) in [5, 5.41) is 6.06. The number of nitrogens with one attached hydrogen (secondary N) is 2. The maximum Gasteiger partial charge on any atom is 0.250 e. The topological polar surface area (TPSA) is 76.1 Å². The van der Waals surface area contributed by atoms with E-state index in [1.54, 1.807) is 18.6 Å². The van der Waals surface area contributed by atoms with Gasteiger partial charge in [0.2, 0.25) is 5.91 Å². The summed E-state index contributed by atoms with van der Waals surface area (Å²) in [6.45, 7) is 2.06. The van der Waals surface area contributed by atoms with Crippen LogP contribution in [0.2, 0.25) is 0 Å². The second-order valence-electron chi connectivity index (χ2n) is 4.55. The van der Waals surface area contributed by atoms with Gasteiger partial charge >= 0.3 is 0 Å². The zero-order valence-electron chi connectivity index (χ0n) is 12.0. The molecule has 1 aromatic carbocycles. The molecule has 1 atom stereocenters. The molecule has 0 aliphatic heterocycles. The molecule has 1 amide bonds. The van der Waals surface area contributed by atoms with Gasteiger partial charge < -0.3 is 15.4 Å². The van der Waals surface area contributed by atoms with Crippen molar-refractivity contribution in [2.24, 2.45) is 0 Å². The molecule has 0 radical (unpaired) electrons. The smallest absolute Gasteiger partial charge is 0.250 e. The quantitative estimate of drug-likeness (QED) is 0.851. The highest BCUT2D eigenvalue weighted by molar-refractivity contribution is 5.91. The fourth-order valence-electron chi connectivity index (χ4n) is 1.84. The molecule has 2 rings (SSSR count). The number of hydrogen-bond acceptors (Lipinski definition) is 5. The molecule has 0 aliphatic carbocycles. The summed E-state index contributed by atoms with van der Waals surface area (Å²) in [6, 6.07) is 7.51. The predicted molar refractivity (Wildman–Crippen MR) is 81.0 cm³/mol. The average Bonchev–Trinajstić information content (AvgIpc) is 2.50. The summed E-state index contributed by atoms with van der Waals surface area (Å²) in [4.78, 5) is 19.7. The average molecular weight is 286 g/mol. The molecule has 0 saturated carbocycles. The van der Waals surface area contributed by atoms with Crippen molar-refractivity contribution in [3.05, 3.63) is 48.5 Å². The highest BCUT2D eigenvalue weighted by Gasteiger charge is 2.07. The number of carbonyl (C=O) groups excluding carboxylic acids is 1. The van der Waals surface area contributed by atoms with Gasteiger partial charge in [-0.3, -0.25) is 14.8 Å². The number of hydrogen-bond donors (Lipinski definition) is 2. The van der Waals surface area contributed by atoms with Crippen LogP contribution in [0, 0.1) is 0 Å². The summed E-state index contributed by atoms with van der Waals surface area (Å²) in [6.07, 6.45) is 5.05. The molecule has 0 aliphatic rings. The number of carbonyl (C=O) groups is 1. The molecule has 6 heteroatoms. The van der Waals surface area contributed by atoms with E-state index in [1.807, 2.05) is 31.2 Å². The monoisotopic (exact) mass is 286 g/mol. The molecule has 1 unspecified atom stereocenters. The molecule has 0 fully saturated rings. The van der Waals surface area contributed by atoms with Crippen molar-refractivity contribution in [2.75, 3.05) is 24.4 Å². The summed E-state index contributed by atoms with van der Waals surface area (Å²) in [7, 11) is 1.49. The Kier molecular flexibility index (Phi) is 5.22. The van der Waals surface area contributed by atoms with Crippen LogP contribution < -0.4 is 10.6 Å². The second-order valence-corrected chi connectivity index (χ2v) is 4.55. The van der Waals surface area contributed by atoms with E-state index in [2.05, 4.69) is 20.6 Å². The molecule has 0 spiro atoms.